The highest BCUT2D eigenvalue weighted by atomic mass is 16.5. The van der Waals surface area contributed by atoms with Crippen molar-refractivity contribution in [1.82, 2.24) is 0 Å². The second kappa shape index (κ2) is 2.88. The van der Waals surface area contributed by atoms with E-state index in [1.807, 2.05) is 0 Å². The monoisotopic (exact) mass is 195 g/mol. The summed E-state index contributed by atoms with van der Waals surface area (Å²) >= 11 is 0. The van der Waals surface area contributed by atoms with Crippen molar-refractivity contribution in [3.8, 4) is 6.26 Å². The smallest absolute Gasteiger partial charge is 0.311 e. The molecule has 0 unspecified atom stereocenters. The van der Waals surface area contributed by atoms with E-state index < -0.39 is 0 Å². The van der Waals surface area contributed by atoms with Crippen molar-refractivity contribution in [1.29, 1.82) is 5.26 Å². The predicted octanol–water partition coefficient (Wildman–Crippen LogP) is 1.36. The van der Waals surface area contributed by atoms with Crippen LogP contribution in [0.4, 0.5) is 0 Å². The fraction of sp³-hybridized carbons (Fsp3) is 0.800. The molecule has 0 aromatic rings. The van der Waals surface area contributed by atoms with Crippen molar-refractivity contribution in [2.45, 2.75) is 37.7 Å². The van der Waals surface area contributed by atoms with Crippen LogP contribution in [0.15, 0.2) is 0 Å². The van der Waals surface area contributed by atoms with Crippen molar-refractivity contribution in [3.63, 3.8) is 0 Å². The summed E-state index contributed by atoms with van der Waals surface area (Å²) in [5.74, 6) is -0.140. The Morgan fingerprint density at radius 1 is 1.36 bits per heavy atom. The topological polar surface area (TPSA) is 59.3 Å². The highest BCUT2D eigenvalue weighted by molar-refractivity contribution is 5.78. The normalized spacial score (nSPS) is 39.1. The Bertz CT molecular complexity index is 297. The van der Waals surface area contributed by atoms with Crippen LogP contribution in [0.2, 0.25) is 0 Å². The van der Waals surface area contributed by atoms with E-state index in [1.54, 1.807) is 6.26 Å². The molecule has 0 heterocycles. The van der Waals surface area contributed by atoms with E-state index in [4.69, 9.17) is 14.7 Å². The van der Waals surface area contributed by atoms with Gasteiger partial charge in [0.25, 0.3) is 6.26 Å². The third kappa shape index (κ3) is 1.08. The number of methoxy groups -OCH3 is 1. The van der Waals surface area contributed by atoms with Crippen LogP contribution >= 0.6 is 0 Å². The first-order valence-corrected chi connectivity index (χ1v) is 4.82. The molecular formula is C10H13NO3. The number of esters is 1. The third-order valence-corrected chi connectivity index (χ3v) is 3.66. The first-order chi connectivity index (χ1) is 6.66. The number of hydrogen-bond acceptors (Lipinski definition) is 4. The first kappa shape index (κ1) is 9.32. The number of nitrogens with zero attached hydrogens (tertiary/aromatic N) is 1. The molecule has 0 saturated heterocycles. The van der Waals surface area contributed by atoms with E-state index in [-0.39, 0.29) is 17.0 Å². The fourth-order valence-electron chi connectivity index (χ4n) is 2.88. The minimum atomic E-state index is -0.358. The molecule has 4 heteroatoms. The standard InChI is InChI=1S/C10H13NO3/c1-13-8(12)9-2-4-10(6-9,5-3-9)14-7-11/h2-6H2,1H3. The molecule has 0 N–H and O–H groups in total. The molecule has 0 radical (unpaired) electrons. The number of ether oxygens (including phenoxy) is 2. The Balaban J connectivity index is 2.17. The number of hydrogen-bond donors (Lipinski definition) is 0. The molecule has 0 aromatic carbocycles. The molecule has 2 rings (SSSR count). The fourth-order valence-corrected chi connectivity index (χ4v) is 2.88. The maximum Gasteiger partial charge on any atom is 0.311 e. The Morgan fingerprint density at radius 2 is 2.00 bits per heavy atom. The van der Waals surface area contributed by atoms with Gasteiger partial charge in [-0.05, 0) is 25.7 Å². The van der Waals surface area contributed by atoms with Crippen molar-refractivity contribution >= 4 is 5.97 Å². The average molecular weight is 195 g/mol. The second-order valence-corrected chi connectivity index (χ2v) is 4.33. The third-order valence-electron chi connectivity index (χ3n) is 3.66. The van der Waals surface area contributed by atoms with E-state index in [9.17, 15) is 4.79 Å². The zero-order valence-electron chi connectivity index (χ0n) is 8.21. The van der Waals surface area contributed by atoms with Crippen molar-refractivity contribution in [2.75, 3.05) is 7.11 Å². The Hall–Kier alpha value is -1.24. The molecule has 0 amide bonds. The highest BCUT2D eigenvalue weighted by Crippen LogP contribution is 2.58. The van der Waals surface area contributed by atoms with Gasteiger partial charge >= 0.3 is 5.97 Å². The van der Waals surface area contributed by atoms with Crippen molar-refractivity contribution in [3.05, 3.63) is 0 Å². The molecular weight excluding hydrogens is 182 g/mol. The summed E-state index contributed by atoms with van der Waals surface area (Å²) in [6, 6.07) is 0. The molecule has 2 aliphatic rings. The van der Waals surface area contributed by atoms with Crippen LogP contribution in [0.5, 0.6) is 0 Å². The Labute approximate surface area is 82.8 Å². The maximum absolute atomic E-state index is 11.6. The summed E-state index contributed by atoms with van der Waals surface area (Å²) in [6.45, 7) is 0. The number of fused-ring (bicyclic) bond motifs is 2. The SMILES string of the molecule is COC(=O)C12CCC(OC#N)(CC1)C2. The summed E-state index contributed by atoms with van der Waals surface area (Å²) in [6.07, 6.45) is 5.59. The zero-order chi connectivity index (χ0) is 10.2. The summed E-state index contributed by atoms with van der Waals surface area (Å²) in [7, 11) is 1.42. The van der Waals surface area contributed by atoms with E-state index in [0.29, 0.717) is 6.42 Å². The zero-order valence-corrected chi connectivity index (χ0v) is 8.21. The Morgan fingerprint density at radius 3 is 2.50 bits per heavy atom. The van der Waals surface area contributed by atoms with E-state index in [0.717, 1.165) is 25.7 Å². The van der Waals surface area contributed by atoms with Crippen molar-refractivity contribution < 1.29 is 14.3 Å². The van der Waals surface area contributed by atoms with Crippen LogP contribution in [-0.2, 0) is 14.3 Å². The van der Waals surface area contributed by atoms with Crippen LogP contribution in [0.25, 0.3) is 0 Å². The summed E-state index contributed by atoms with van der Waals surface area (Å²) in [5.41, 5.74) is -0.714. The lowest BCUT2D eigenvalue weighted by Crippen LogP contribution is -2.27. The van der Waals surface area contributed by atoms with Crippen LogP contribution in [0, 0.1) is 16.9 Å². The molecule has 2 saturated carbocycles. The largest absolute Gasteiger partial charge is 0.469 e. The number of rotatable bonds is 2. The van der Waals surface area contributed by atoms with Crippen LogP contribution in [-0.4, -0.2) is 18.7 Å². The van der Waals surface area contributed by atoms with Gasteiger partial charge in [0.15, 0.2) is 0 Å². The average Bonchev–Trinajstić information content (AvgIpc) is 2.74. The van der Waals surface area contributed by atoms with Gasteiger partial charge in [-0.1, -0.05) is 0 Å². The second-order valence-electron chi connectivity index (χ2n) is 4.33. The molecule has 2 fully saturated rings. The summed E-state index contributed by atoms with van der Waals surface area (Å²) in [4.78, 5) is 11.6. The van der Waals surface area contributed by atoms with Crippen LogP contribution in [0.1, 0.15) is 32.1 Å². The summed E-state index contributed by atoms with van der Waals surface area (Å²) < 4.78 is 9.90. The number of carbonyl (C=O) groups is 1. The Kier molecular flexibility index (Phi) is 1.91. The first-order valence-electron chi connectivity index (χ1n) is 4.82. The molecule has 0 aliphatic heterocycles. The van der Waals surface area contributed by atoms with E-state index >= 15 is 0 Å². The lowest BCUT2D eigenvalue weighted by Gasteiger charge is -2.23. The van der Waals surface area contributed by atoms with Gasteiger partial charge in [0.05, 0.1) is 12.5 Å². The van der Waals surface area contributed by atoms with Crippen LogP contribution in [0.3, 0.4) is 0 Å². The van der Waals surface area contributed by atoms with Gasteiger partial charge in [-0.3, -0.25) is 4.79 Å². The molecule has 2 aliphatic carbocycles. The van der Waals surface area contributed by atoms with Gasteiger partial charge in [0.2, 0.25) is 0 Å². The van der Waals surface area contributed by atoms with Crippen LogP contribution < -0.4 is 0 Å². The number of carbonyl (C=O) groups excluding carboxylic acids is 1. The van der Waals surface area contributed by atoms with E-state index in [2.05, 4.69) is 0 Å². The molecule has 76 valence electrons. The van der Waals surface area contributed by atoms with Gasteiger partial charge in [-0.15, -0.1) is 0 Å². The van der Waals surface area contributed by atoms with Gasteiger partial charge in [0, 0.05) is 6.42 Å². The van der Waals surface area contributed by atoms with Gasteiger partial charge in [0.1, 0.15) is 5.60 Å². The van der Waals surface area contributed by atoms with Gasteiger partial charge in [-0.25, -0.2) is 0 Å². The van der Waals surface area contributed by atoms with Crippen molar-refractivity contribution in [2.24, 2.45) is 5.41 Å². The minimum Gasteiger partial charge on any atom is -0.469 e. The van der Waals surface area contributed by atoms with Gasteiger partial charge in [-0.2, -0.15) is 5.26 Å². The maximum atomic E-state index is 11.6. The van der Waals surface area contributed by atoms with E-state index in [1.165, 1.54) is 7.11 Å². The quantitative estimate of drug-likeness (QED) is 0.493. The lowest BCUT2D eigenvalue weighted by molar-refractivity contribution is -0.152. The number of nitriles is 1. The molecule has 0 spiro atoms. The van der Waals surface area contributed by atoms with Gasteiger partial charge < -0.3 is 9.47 Å². The minimum absolute atomic E-state index is 0.140. The molecule has 14 heavy (non-hydrogen) atoms. The molecule has 0 aromatic heterocycles. The molecule has 0 atom stereocenters. The highest BCUT2D eigenvalue weighted by Gasteiger charge is 2.60. The lowest BCUT2D eigenvalue weighted by atomic mass is 9.84. The molecule has 2 bridgehead atoms. The molecule has 4 nitrogen and oxygen atoms in total. The summed E-state index contributed by atoms with van der Waals surface area (Å²) in [5, 5.41) is 8.53. The predicted molar refractivity (Wildman–Crippen MR) is 47.0 cm³/mol.